The maximum absolute atomic E-state index is 9.11. The van der Waals surface area contributed by atoms with Crippen LogP contribution in [0.4, 0.5) is 11.4 Å². The van der Waals surface area contributed by atoms with E-state index in [1.165, 1.54) is 22.5 Å². The summed E-state index contributed by atoms with van der Waals surface area (Å²) in [4.78, 5) is 6.79. The van der Waals surface area contributed by atoms with Crippen LogP contribution in [0.15, 0.2) is 73.2 Å². The minimum Gasteiger partial charge on any atom is -0.395 e. The molecule has 2 heterocycles. The molecular weight excluding hydrogens is 346 g/mol. The molecule has 2 aromatic carbocycles. The number of benzene rings is 2. The lowest BCUT2D eigenvalue weighted by Crippen LogP contribution is -2.25. The summed E-state index contributed by atoms with van der Waals surface area (Å²) in [6.07, 6.45) is 13.8. The molecule has 28 heavy (non-hydrogen) atoms. The van der Waals surface area contributed by atoms with E-state index in [9.17, 15) is 0 Å². The predicted molar refractivity (Wildman–Crippen MR) is 117 cm³/mol. The van der Waals surface area contributed by atoms with Crippen molar-refractivity contribution in [1.29, 1.82) is 0 Å². The first-order valence-electron chi connectivity index (χ1n) is 9.94. The number of aliphatic hydroxyl groups is 1. The molecule has 144 valence electrons. The van der Waals surface area contributed by atoms with Crippen molar-refractivity contribution in [2.45, 2.75) is 6.42 Å². The molecular formula is C24H27N3O. The van der Waals surface area contributed by atoms with Gasteiger partial charge < -0.3 is 19.8 Å². The topological polar surface area (TPSA) is 30.0 Å². The van der Waals surface area contributed by atoms with Gasteiger partial charge in [-0.2, -0.15) is 0 Å². The fraction of sp³-hybridized carbons (Fsp3) is 0.250. The van der Waals surface area contributed by atoms with Crippen LogP contribution in [0.2, 0.25) is 0 Å². The Labute approximate surface area is 167 Å². The van der Waals surface area contributed by atoms with Crippen molar-refractivity contribution < 1.29 is 5.11 Å². The summed E-state index contributed by atoms with van der Waals surface area (Å²) in [5, 5.41) is 9.11. The molecule has 4 rings (SSSR count). The van der Waals surface area contributed by atoms with Crippen LogP contribution >= 0.6 is 0 Å². The largest absolute Gasteiger partial charge is 0.395 e. The Morgan fingerprint density at radius 1 is 0.750 bits per heavy atom. The van der Waals surface area contributed by atoms with Gasteiger partial charge in [-0.1, -0.05) is 48.6 Å². The van der Waals surface area contributed by atoms with Gasteiger partial charge in [0, 0.05) is 56.2 Å². The molecule has 0 saturated carbocycles. The number of hydrogen-bond acceptors (Lipinski definition) is 4. The summed E-state index contributed by atoms with van der Waals surface area (Å²) in [7, 11) is 0. The van der Waals surface area contributed by atoms with Crippen molar-refractivity contribution in [3.8, 4) is 0 Å². The average Bonchev–Trinajstić information content (AvgIpc) is 3.04. The molecule has 0 fully saturated rings. The second kappa shape index (κ2) is 8.81. The van der Waals surface area contributed by atoms with Gasteiger partial charge in [0.1, 0.15) is 0 Å². The SMILES string of the molecule is OCCN1C=CCN(CCCN2c3ccccc3C=Cc3ccccc32)C=C1. The van der Waals surface area contributed by atoms with E-state index >= 15 is 0 Å². The molecule has 0 aromatic heterocycles. The number of para-hydroxylation sites is 2. The van der Waals surface area contributed by atoms with Crippen molar-refractivity contribution in [2.75, 3.05) is 37.7 Å². The second-order valence-electron chi connectivity index (χ2n) is 7.10. The molecule has 4 heteroatoms. The van der Waals surface area contributed by atoms with Crippen LogP contribution in [0, 0.1) is 0 Å². The van der Waals surface area contributed by atoms with E-state index in [0.717, 1.165) is 26.1 Å². The third-order valence-electron chi connectivity index (χ3n) is 5.19. The number of rotatable bonds is 6. The van der Waals surface area contributed by atoms with Crippen molar-refractivity contribution in [2.24, 2.45) is 0 Å². The zero-order chi connectivity index (χ0) is 19.2. The quantitative estimate of drug-likeness (QED) is 0.818. The highest BCUT2D eigenvalue weighted by molar-refractivity contribution is 5.88. The maximum atomic E-state index is 9.11. The molecule has 2 aliphatic heterocycles. The van der Waals surface area contributed by atoms with Gasteiger partial charge in [0.05, 0.1) is 6.61 Å². The predicted octanol–water partition coefficient (Wildman–Crippen LogP) is 4.29. The van der Waals surface area contributed by atoms with Crippen LogP contribution in [0.1, 0.15) is 17.5 Å². The van der Waals surface area contributed by atoms with E-state index in [4.69, 9.17) is 5.11 Å². The summed E-state index contributed by atoms with van der Waals surface area (Å²) < 4.78 is 0. The normalized spacial score (nSPS) is 15.2. The summed E-state index contributed by atoms with van der Waals surface area (Å²) >= 11 is 0. The van der Waals surface area contributed by atoms with Gasteiger partial charge >= 0.3 is 0 Å². The maximum Gasteiger partial charge on any atom is 0.0610 e. The highest BCUT2D eigenvalue weighted by atomic mass is 16.3. The van der Waals surface area contributed by atoms with Gasteiger partial charge in [-0.05, 0) is 35.8 Å². The number of fused-ring (bicyclic) bond motifs is 2. The lowest BCUT2D eigenvalue weighted by molar-refractivity contribution is 0.263. The van der Waals surface area contributed by atoms with Crippen LogP contribution in [-0.2, 0) is 0 Å². The highest BCUT2D eigenvalue weighted by Crippen LogP contribution is 2.36. The Bertz CT molecular complexity index is 837. The van der Waals surface area contributed by atoms with Gasteiger partial charge in [-0.25, -0.2) is 0 Å². The standard InChI is InChI=1S/C24H27N3O/c28-20-19-26-14-5-13-25(17-18-26)15-6-16-27-23-9-3-1-7-21(23)11-12-22-8-2-4-10-24(22)27/h1-5,7-12,14,17-18,28H,6,13,15-16,19-20H2. The molecule has 0 atom stereocenters. The minimum absolute atomic E-state index is 0.163. The number of β-amino-alcohol motifs (C(OH)–C–C–N with tert-alkyl or cyclic N) is 1. The monoisotopic (exact) mass is 373 g/mol. The Morgan fingerprint density at radius 2 is 1.43 bits per heavy atom. The van der Waals surface area contributed by atoms with Crippen molar-refractivity contribution in [3.05, 3.63) is 84.3 Å². The smallest absolute Gasteiger partial charge is 0.0610 e. The number of hydrogen-bond donors (Lipinski definition) is 1. The lowest BCUT2D eigenvalue weighted by atomic mass is 10.1. The van der Waals surface area contributed by atoms with Crippen molar-refractivity contribution in [1.82, 2.24) is 9.80 Å². The molecule has 0 amide bonds. The van der Waals surface area contributed by atoms with Crippen molar-refractivity contribution >= 4 is 23.5 Å². The van der Waals surface area contributed by atoms with Crippen LogP contribution in [-0.4, -0.2) is 47.7 Å². The van der Waals surface area contributed by atoms with Gasteiger partial charge in [0.15, 0.2) is 0 Å². The van der Waals surface area contributed by atoms with E-state index < -0.39 is 0 Å². The van der Waals surface area contributed by atoms with Gasteiger partial charge in [0.25, 0.3) is 0 Å². The van der Waals surface area contributed by atoms with Gasteiger partial charge in [-0.15, -0.1) is 0 Å². The van der Waals surface area contributed by atoms with Crippen LogP contribution < -0.4 is 4.90 Å². The molecule has 0 saturated heterocycles. The molecule has 0 radical (unpaired) electrons. The number of nitrogens with zero attached hydrogens (tertiary/aromatic N) is 3. The highest BCUT2D eigenvalue weighted by Gasteiger charge is 2.17. The fourth-order valence-corrected chi connectivity index (χ4v) is 3.77. The first kappa shape index (κ1) is 18.4. The zero-order valence-corrected chi connectivity index (χ0v) is 16.1. The fourth-order valence-electron chi connectivity index (χ4n) is 3.77. The third-order valence-corrected chi connectivity index (χ3v) is 5.19. The summed E-state index contributed by atoms with van der Waals surface area (Å²) in [6.45, 7) is 3.64. The Kier molecular flexibility index (Phi) is 5.78. The molecule has 1 N–H and O–H groups in total. The summed E-state index contributed by atoms with van der Waals surface area (Å²) in [5.41, 5.74) is 5.06. The molecule has 2 aromatic rings. The number of aliphatic hydroxyl groups excluding tert-OH is 1. The summed E-state index contributed by atoms with van der Waals surface area (Å²) in [6, 6.07) is 17.2. The molecule has 0 unspecified atom stereocenters. The van der Waals surface area contributed by atoms with Gasteiger partial charge in [0.2, 0.25) is 0 Å². The van der Waals surface area contributed by atoms with E-state index in [2.05, 4.69) is 82.8 Å². The van der Waals surface area contributed by atoms with Crippen molar-refractivity contribution in [3.63, 3.8) is 0 Å². The van der Waals surface area contributed by atoms with E-state index in [0.29, 0.717) is 6.54 Å². The first-order chi connectivity index (χ1) is 13.8. The molecule has 0 spiro atoms. The molecule has 2 aliphatic rings. The Balaban J connectivity index is 1.47. The average molecular weight is 374 g/mol. The number of anilines is 2. The van der Waals surface area contributed by atoms with E-state index in [1.807, 2.05) is 17.3 Å². The third kappa shape index (κ3) is 4.12. The first-order valence-corrected chi connectivity index (χ1v) is 9.94. The Hall–Kier alpha value is -2.98. The van der Waals surface area contributed by atoms with Gasteiger partial charge in [-0.3, -0.25) is 0 Å². The van der Waals surface area contributed by atoms with Crippen LogP contribution in [0.25, 0.3) is 12.2 Å². The Morgan fingerprint density at radius 3 is 2.11 bits per heavy atom. The van der Waals surface area contributed by atoms with Crippen LogP contribution in [0.5, 0.6) is 0 Å². The molecule has 4 nitrogen and oxygen atoms in total. The minimum atomic E-state index is 0.163. The summed E-state index contributed by atoms with van der Waals surface area (Å²) in [5.74, 6) is 0. The van der Waals surface area contributed by atoms with Crippen LogP contribution in [0.3, 0.4) is 0 Å². The lowest BCUT2D eigenvalue weighted by Gasteiger charge is -2.28. The molecule has 0 bridgehead atoms. The van der Waals surface area contributed by atoms with E-state index in [-0.39, 0.29) is 6.61 Å². The van der Waals surface area contributed by atoms with E-state index in [1.54, 1.807) is 0 Å². The zero-order valence-electron chi connectivity index (χ0n) is 16.1. The second-order valence-corrected chi connectivity index (χ2v) is 7.10. The molecule has 0 aliphatic carbocycles.